The second kappa shape index (κ2) is 4.60. The van der Waals surface area contributed by atoms with Crippen LogP contribution in [-0.2, 0) is 11.3 Å². The number of allylic oxidation sites excluding steroid dienone is 1. The Kier molecular flexibility index (Phi) is 3.43. The van der Waals surface area contributed by atoms with E-state index in [4.69, 9.17) is 0 Å². The van der Waals surface area contributed by atoms with Crippen molar-refractivity contribution in [2.75, 3.05) is 0 Å². The minimum atomic E-state index is 0.774. The molecule has 1 heterocycles. The third-order valence-electron chi connectivity index (χ3n) is 1.79. The number of rotatable bonds is 4. The molecule has 13 heavy (non-hydrogen) atoms. The van der Waals surface area contributed by atoms with Gasteiger partial charge in [-0.05, 0) is 25.5 Å². The van der Waals surface area contributed by atoms with Gasteiger partial charge in [-0.3, -0.25) is 9.48 Å². The lowest BCUT2D eigenvalue weighted by Gasteiger charge is -1.93. The van der Waals surface area contributed by atoms with Crippen molar-refractivity contribution in [3.63, 3.8) is 0 Å². The van der Waals surface area contributed by atoms with Gasteiger partial charge in [-0.1, -0.05) is 6.92 Å². The van der Waals surface area contributed by atoms with Crippen molar-refractivity contribution in [2.24, 2.45) is 0 Å². The fourth-order valence-corrected chi connectivity index (χ4v) is 1.18. The van der Waals surface area contributed by atoms with E-state index in [1.807, 2.05) is 17.8 Å². The van der Waals surface area contributed by atoms with Crippen LogP contribution in [0.25, 0.3) is 6.08 Å². The largest absolute Gasteiger partial charge is 0.299 e. The highest BCUT2D eigenvalue weighted by Crippen LogP contribution is 2.07. The first-order valence-electron chi connectivity index (χ1n) is 4.43. The lowest BCUT2D eigenvalue weighted by Crippen LogP contribution is -1.96. The molecular formula is C10H14N2O. The van der Waals surface area contributed by atoms with Crippen LogP contribution in [0, 0.1) is 6.92 Å². The van der Waals surface area contributed by atoms with Crippen LogP contribution in [0.4, 0.5) is 0 Å². The zero-order valence-electron chi connectivity index (χ0n) is 8.03. The van der Waals surface area contributed by atoms with Crippen LogP contribution in [0.15, 0.2) is 12.3 Å². The van der Waals surface area contributed by atoms with E-state index in [9.17, 15) is 4.79 Å². The number of aromatic nitrogens is 2. The average molecular weight is 178 g/mol. The molecule has 0 aliphatic rings. The zero-order valence-corrected chi connectivity index (χ0v) is 8.03. The fraction of sp³-hybridized carbons (Fsp3) is 0.400. The summed E-state index contributed by atoms with van der Waals surface area (Å²) in [5.41, 5.74) is 1.98. The molecule has 0 saturated carbocycles. The van der Waals surface area contributed by atoms with Gasteiger partial charge in [0.25, 0.3) is 0 Å². The first-order chi connectivity index (χ1) is 6.27. The van der Waals surface area contributed by atoms with Crippen LogP contribution < -0.4 is 0 Å². The SMILES string of the molecule is CCCn1cc(C=CC=O)c(C)n1. The second-order valence-corrected chi connectivity index (χ2v) is 2.93. The molecule has 0 aromatic carbocycles. The highest BCUT2D eigenvalue weighted by Gasteiger charge is 1.99. The smallest absolute Gasteiger partial charge is 0.142 e. The molecule has 1 aromatic heterocycles. The number of aldehydes is 1. The van der Waals surface area contributed by atoms with Crippen molar-refractivity contribution >= 4 is 12.4 Å². The van der Waals surface area contributed by atoms with Crippen LogP contribution in [0.1, 0.15) is 24.6 Å². The van der Waals surface area contributed by atoms with Gasteiger partial charge in [-0.15, -0.1) is 0 Å². The number of nitrogens with zero attached hydrogens (tertiary/aromatic N) is 2. The summed E-state index contributed by atoms with van der Waals surface area (Å²) >= 11 is 0. The quantitative estimate of drug-likeness (QED) is 0.520. The molecule has 1 rings (SSSR count). The van der Waals surface area contributed by atoms with E-state index in [1.165, 1.54) is 6.08 Å². The van der Waals surface area contributed by atoms with Gasteiger partial charge in [0.05, 0.1) is 5.69 Å². The van der Waals surface area contributed by atoms with Crippen LogP contribution in [0.5, 0.6) is 0 Å². The van der Waals surface area contributed by atoms with E-state index in [0.29, 0.717) is 0 Å². The van der Waals surface area contributed by atoms with Gasteiger partial charge < -0.3 is 0 Å². The summed E-state index contributed by atoms with van der Waals surface area (Å²) < 4.78 is 1.90. The van der Waals surface area contributed by atoms with Crippen molar-refractivity contribution in [1.82, 2.24) is 9.78 Å². The van der Waals surface area contributed by atoms with Gasteiger partial charge in [-0.25, -0.2) is 0 Å². The minimum absolute atomic E-state index is 0.774. The van der Waals surface area contributed by atoms with Gasteiger partial charge in [0.15, 0.2) is 0 Å². The molecule has 0 aliphatic carbocycles. The van der Waals surface area contributed by atoms with Gasteiger partial charge in [0.1, 0.15) is 6.29 Å². The fourth-order valence-electron chi connectivity index (χ4n) is 1.18. The summed E-state index contributed by atoms with van der Waals surface area (Å²) in [7, 11) is 0. The van der Waals surface area contributed by atoms with E-state index >= 15 is 0 Å². The maximum atomic E-state index is 10.1. The Morgan fingerprint density at radius 3 is 3.00 bits per heavy atom. The summed E-state index contributed by atoms with van der Waals surface area (Å²) in [5, 5.41) is 4.30. The molecule has 0 bridgehead atoms. The summed E-state index contributed by atoms with van der Waals surface area (Å²) in [6, 6.07) is 0. The summed E-state index contributed by atoms with van der Waals surface area (Å²) in [6.45, 7) is 4.98. The van der Waals surface area contributed by atoms with Crippen LogP contribution >= 0.6 is 0 Å². The molecule has 0 aliphatic heterocycles. The van der Waals surface area contributed by atoms with E-state index in [-0.39, 0.29) is 0 Å². The van der Waals surface area contributed by atoms with Crippen molar-refractivity contribution in [2.45, 2.75) is 26.8 Å². The predicted octanol–water partition coefficient (Wildman–Crippen LogP) is 1.81. The molecule has 0 spiro atoms. The summed E-state index contributed by atoms with van der Waals surface area (Å²) in [6.07, 6.45) is 7.06. The summed E-state index contributed by atoms with van der Waals surface area (Å²) in [5.74, 6) is 0. The Hall–Kier alpha value is -1.38. The molecule has 0 amide bonds. The Bertz CT molecular complexity index is 313. The van der Waals surface area contributed by atoms with Crippen molar-refractivity contribution in [3.8, 4) is 0 Å². The zero-order chi connectivity index (χ0) is 9.68. The molecule has 70 valence electrons. The monoisotopic (exact) mass is 178 g/mol. The average Bonchev–Trinajstić information content (AvgIpc) is 2.44. The van der Waals surface area contributed by atoms with Gasteiger partial charge in [0.2, 0.25) is 0 Å². The van der Waals surface area contributed by atoms with Crippen molar-refractivity contribution < 1.29 is 4.79 Å². The van der Waals surface area contributed by atoms with E-state index < -0.39 is 0 Å². The van der Waals surface area contributed by atoms with Gasteiger partial charge in [-0.2, -0.15) is 5.10 Å². The molecule has 0 radical (unpaired) electrons. The third-order valence-corrected chi connectivity index (χ3v) is 1.79. The molecule has 0 fully saturated rings. The Labute approximate surface area is 78.1 Å². The number of carbonyl (C=O) groups is 1. The molecule has 0 N–H and O–H groups in total. The molecule has 0 atom stereocenters. The van der Waals surface area contributed by atoms with Crippen molar-refractivity contribution in [1.29, 1.82) is 0 Å². The summed E-state index contributed by atoms with van der Waals surface area (Å²) in [4.78, 5) is 10.1. The lowest BCUT2D eigenvalue weighted by atomic mass is 10.2. The van der Waals surface area contributed by atoms with Crippen molar-refractivity contribution in [3.05, 3.63) is 23.5 Å². The molecule has 0 saturated heterocycles. The maximum Gasteiger partial charge on any atom is 0.142 e. The molecule has 1 aromatic rings. The first kappa shape index (κ1) is 9.71. The highest BCUT2D eigenvalue weighted by atomic mass is 16.1. The number of hydrogen-bond acceptors (Lipinski definition) is 2. The number of aryl methyl sites for hydroxylation is 2. The predicted molar refractivity (Wildman–Crippen MR) is 52.4 cm³/mol. The van der Waals surface area contributed by atoms with Crippen LogP contribution in [0.3, 0.4) is 0 Å². The van der Waals surface area contributed by atoms with Gasteiger partial charge >= 0.3 is 0 Å². The van der Waals surface area contributed by atoms with Crippen LogP contribution in [-0.4, -0.2) is 16.1 Å². The number of hydrogen-bond donors (Lipinski definition) is 0. The molecule has 3 heteroatoms. The maximum absolute atomic E-state index is 10.1. The molecular weight excluding hydrogens is 164 g/mol. The minimum Gasteiger partial charge on any atom is -0.299 e. The Balaban J connectivity index is 2.82. The first-order valence-corrected chi connectivity index (χ1v) is 4.43. The topological polar surface area (TPSA) is 34.9 Å². The standard InChI is InChI=1S/C10H14N2O/c1-3-6-12-8-10(5-4-7-13)9(2)11-12/h4-5,7-8H,3,6H2,1-2H3. The molecule has 3 nitrogen and oxygen atoms in total. The van der Waals surface area contributed by atoms with E-state index in [1.54, 1.807) is 6.08 Å². The second-order valence-electron chi connectivity index (χ2n) is 2.93. The Morgan fingerprint density at radius 1 is 1.62 bits per heavy atom. The number of carbonyl (C=O) groups excluding carboxylic acids is 1. The van der Waals surface area contributed by atoms with Crippen LogP contribution in [0.2, 0.25) is 0 Å². The Morgan fingerprint density at radius 2 is 2.38 bits per heavy atom. The van der Waals surface area contributed by atoms with E-state index in [0.717, 1.165) is 30.5 Å². The molecule has 0 unspecified atom stereocenters. The van der Waals surface area contributed by atoms with Gasteiger partial charge in [0, 0.05) is 18.3 Å². The highest BCUT2D eigenvalue weighted by molar-refractivity contribution is 5.74. The van der Waals surface area contributed by atoms with E-state index in [2.05, 4.69) is 12.0 Å². The normalized spacial score (nSPS) is 10.9. The third kappa shape index (κ3) is 2.54. The lowest BCUT2D eigenvalue weighted by molar-refractivity contribution is -0.104.